The van der Waals surface area contributed by atoms with Gasteiger partial charge in [-0.1, -0.05) is 66.7 Å². The van der Waals surface area contributed by atoms with Crippen molar-refractivity contribution in [2.75, 3.05) is 13.6 Å². The van der Waals surface area contributed by atoms with Crippen LogP contribution in [-0.4, -0.2) is 18.5 Å². The van der Waals surface area contributed by atoms with Crippen LogP contribution in [0.15, 0.2) is 73.3 Å². The molecule has 0 radical (unpaired) electrons. The Kier molecular flexibility index (Phi) is 8.57. The third-order valence-electron chi connectivity index (χ3n) is 3.88. The summed E-state index contributed by atoms with van der Waals surface area (Å²) in [5, 5.41) is 0. The molecule has 0 aliphatic carbocycles. The Labute approximate surface area is 141 Å². The third kappa shape index (κ3) is 6.05. The van der Waals surface area contributed by atoms with Gasteiger partial charge in [0.1, 0.15) is 0 Å². The molecular formula is C20H26ClN. The lowest BCUT2D eigenvalue weighted by Gasteiger charge is -2.21. The lowest BCUT2D eigenvalue weighted by molar-refractivity contribution is 0.310. The summed E-state index contributed by atoms with van der Waals surface area (Å²) in [6, 6.07) is 21.4. The first-order valence-corrected chi connectivity index (χ1v) is 7.68. The summed E-state index contributed by atoms with van der Waals surface area (Å²) in [4.78, 5) is 2.40. The molecule has 0 bridgehead atoms. The number of hydrogen-bond acceptors (Lipinski definition) is 1. The molecular weight excluding hydrogens is 290 g/mol. The third-order valence-corrected chi connectivity index (χ3v) is 3.88. The molecule has 0 saturated heterocycles. The molecule has 2 heteroatoms. The second-order valence-corrected chi connectivity index (χ2v) is 5.64. The van der Waals surface area contributed by atoms with E-state index < -0.39 is 0 Å². The van der Waals surface area contributed by atoms with Crippen molar-refractivity contribution >= 4 is 12.4 Å². The van der Waals surface area contributed by atoms with Crippen molar-refractivity contribution in [2.24, 2.45) is 0 Å². The topological polar surface area (TPSA) is 3.24 Å². The van der Waals surface area contributed by atoms with E-state index in [0.717, 1.165) is 19.5 Å². The summed E-state index contributed by atoms with van der Waals surface area (Å²) < 4.78 is 0. The second kappa shape index (κ2) is 10.2. The highest BCUT2D eigenvalue weighted by molar-refractivity contribution is 5.85. The van der Waals surface area contributed by atoms with Crippen LogP contribution in [-0.2, 0) is 6.54 Å². The molecule has 0 aromatic heterocycles. The van der Waals surface area contributed by atoms with Crippen molar-refractivity contribution in [3.05, 3.63) is 84.4 Å². The van der Waals surface area contributed by atoms with Crippen LogP contribution in [0.3, 0.4) is 0 Å². The minimum absolute atomic E-state index is 0. The van der Waals surface area contributed by atoms with Crippen LogP contribution in [0.1, 0.15) is 29.9 Å². The molecule has 0 N–H and O–H groups in total. The van der Waals surface area contributed by atoms with Gasteiger partial charge in [0.05, 0.1) is 0 Å². The summed E-state index contributed by atoms with van der Waals surface area (Å²) in [5.41, 5.74) is 2.80. The predicted molar refractivity (Wildman–Crippen MR) is 98.6 cm³/mol. The molecule has 0 heterocycles. The van der Waals surface area contributed by atoms with Crippen LogP contribution < -0.4 is 0 Å². The normalized spacial score (nSPS) is 11.7. The van der Waals surface area contributed by atoms with Crippen LogP contribution in [0, 0.1) is 0 Å². The summed E-state index contributed by atoms with van der Waals surface area (Å²) in [5.74, 6) is 0.571. The number of hydrogen-bond donors (Lipinski definition) is 0. The van der Waals surface area contributed by atoms with E-state index in [2.05, 4.69) is 79.2 Å². The molecule has 2 rings (SSSR count). The molecule has 0 aliphatic rings. The summed E-state index contributed by atoms with van der Waals surface area (Å²) >= 11 is 0. The molecule has 22 heavy (non-hydrogen) atoms. The van der Waals surface area contributed by atoms with E-state index in [1.165, 1.54) is 17.5 Å². The van der Waals surface area contributed by atoms with Crippen molar-refractivity contribution in [1.29, 1.82) is 0 Å². The van der Waals surface area contributed by atoms with Crippen molar-refractivity contribution < 1.29 is 0 Å². The highest BCUT2D eigenvalue weighted by Gasteiger charge is 2.11. The van der Waals surface area contributed by atoms with Gasteiger partial charge in [-0.2, -0.15) is 0 Å². The Morgan fingerprint density at radius 2 is 1.59 bits per heavy atom. The molecule has 1 atom stereocenters. The fraction of sp³-hybridized carbons (Fsp3) is 0.300. The highest BCUT2D eigenvalue weighted by atomic mass is 35.5. The molecule has 2 aromatic rings. The van der Waals surface area contributed by atoms with Gasteiger partial charge in [0.25, 0.3) is 0 Å². The summed E-state index contributed by atoms with van der Waals surface area (Å²) in [7, 11) is 2.20. The fourth-order valence-electron chi connectivity index (χ4n) is 2.70. The molecule has 2 aromatic carbocycles. The molecule has 0 saturated carbocycles. The maximum Gasteiger partial charge on any atom is 0.0230 e. The SMILES string of the molecule is C=CCC(CCN(C)Cc1ccccc1)c1ccccc1.Cl. The predicted octanol–water partition coefficient (Wildman–Crippen LogP) is 5.29. The number of benzene rings is 2. The quantitative estimate of drug-likeness (QED) is 0.598. The van der Waals surface area contributed by atoms with Crippen LogP contribution in [0.2, 0.25) is 0 Å². The Balaban J connectivity index is 0.00000242. The van der Waals surface area contributed by atoms with Gasteiger partial charge < -0.3 is 4.90 Å². The molecule has 0 amide bonds. The lowest BCUT2D eigenvalue weighted by Crippen LogP contribution is -2.20. The first kappa shape index (κ1) is 18.5. The van der Waals surface area contributed by atoms with Crippen molar-refractivity contribution in [3.8, 4) is 0 Å². The Morgan fingerprint density at radius 3 is 2.18 bits per heavy atom. The second-order valence-electron chi connectivity index (χ2n) is 5.64. The largest absolute Gasteiger partial charge is 0.302 e. The van der Waals surface area contributed by atoms with E-state index in [1.807, 2.05) is 6.08 Å². The van der Waals surface area contributed by atoms with E-state index >= 15 is 0 Å². The number of nitrogens with zero attached hydrogens (tertiary/aromatic N) is 1. The summed E-state index contributed by atoms with van der Waals surface area (Å²) in [6.45, 7) is 6.02. The highest BCUT2D eigenvalue weighted by Crippen LogP contribution is 2.24. The fourth-order valence-corrected chi connectivity index (χ4v) is 2.70. The van der Waals surface area contributed by atoms with E-state index in [0.29, 0.717) is 5.92 Å². The van der Waals surface area contributed by atoms with Gasteiger partial charge in [0.2, 0.25) is 0 Å². The first-order valence-electron chi connectivity index (χ1n) is 7.68. The lowest BCUT2D eigenvalue weighted by atomic mass is 9.92. The van der Waals surface area contributed by atoms with Gasteiger partial charge in [0, 0.05) is 6.54 Å². The first-order chi connectivity index (χ1) is 10.3. The van der Waals surface area contributed by atoms with E-state index in [9.17, 15) is 0 Å². The molecule has 1 unspecified atom stereocenters. The minimum atomic E-state index is 0. The van der Waals surface area contributed by atoms with Crippen LogP contribution in [0.5, 0.6) is 0 Å². The van der Waals surface area contributed by atoms with Crippen molar-refractivity contribution in [3.63, 3.8) is 0 Å². The van der Waals surface area contributed by atoms with Gasteiger partial charge in [-0.25, -0.2) is 0 Å². The molecule has 0 aliphatic heterocycles. The Bertz CT molecular complexity index is 524. The van der Waals surface area contributed by atoms with Crippen molar-refractivity contribution in [1.82, 2.24) is 4.90 Å². The zero-order valence-electron chi connectivity index (χ0n) is 13.3. The zero-order chi connectivity index (χ0) is 14.9. The Hall–Kier alpha value is -1.57. The Morgan fingerprint density at radius 1 is 1.00 bits per heavy atom. The van der Waals surface area contributed by atoms with Crippen LogP contribution >= 0.6 is 12.4 Å². The van der Waals surface area contributed by atoms with Gasteiger partial charge in [-0.3, -0.25) is 0 Å². The van der Waals surface area contributed by atoms with Crippen molar-refractivity contribution in [2.45, 2.75) is 25.3 Å². The van der Waals surface area contributed by atoms with Gasteiger partial charge in [0.15, 0.2) is 0 Å². The summed E-state index contributed by atoms with van der Waals surface area (Å²) in [6.07, 6.45) is 4.25. The van der Waals surface area contributed by atoms with E-state index in [-0.39, 0.29) is 12.4 Å². The average molecular weight is 316 g/mol. The number of allylic oxidation sites excluding steroid dienone is 1. The molecule has 118 valence electrons. The zero-order valence-corrected chi connectivity index (χ0v) is 14.1. The molecule has 0 spiro atoms. The maximum atomic E-state index is 3.91. The molecule has 0 fully saturated rings. The standard InChI is InChI=1S/C20H25N.ClH/c1-3-10-19(20-13-8-5-9-14-20)15-16-21(2)17-18-11-6-4-7-12-18;/h3-9,11-14,19H,1,10,15-17H2,2H3;1H. The van der Waals surface area contributed by atoms with E-state index in [4.69, 9.17) is 0 Å². The van der Waals surface area contributed by atoms with Crippen LogP contribution in [0.4, 0.5) is 0 Å². The van der Waals surface area contributed by atoms with Crippen LogP contribution in [0.25, 0.3) is 0 Å². The monoisotopic (exact) mass is 315 g/mol. The maximum absolute atomic E-state index is 3.91. The van der Waals surface area contributed by atoms with E-state index in [1.54, 1.807) is 0 Å². The number of rotatable bonds is 8. The van der Waals surface area contributed by atoms with Gasteiger partial charge in [-0.05, 0) is 43.5 Å². The smallest absolute Gasteiger partial charge is 0.0230 e. The number of halogens is 1. The van der Waals surface area contributed by atoms with Gasteiger partial charge in [-0.15, -0.1) is 19.0 Å². The average Bonchev–Trinajstić information content (AvgIpc) is 2.53. The molecule has 1 nitrogen and oxygen atoms in total. The van der Waals surface area contributed by atoms with Gasteiger partial charge >= 0.3 is 0 Å². The minimum Gasteiger partial charge on any atom is -0.302 e.